The Morgan fingerprint density at radius 3 is 2.48 bits per heavy atom. The number of carbonyl (C=O) groups is 1. The Bertz CT molecular complexity index is 643. The van der Waals surface area contributed by atoms with Crippen LogP contribution in [0.25, 0.3) is 0 Å². The summed E-state index contributed by atoms with van der Waals surface area (Å²) in [6.07, 6.45) is -0.242. The summed E-state index contributed by atoms with van der Waals surface area (Å²) in [7, 11) is -3.53. The maximum Gasteiger partial charge on any atom is 0.243 e. The molecule has 1 heterocycles. The average Bonchev–Trinajstić information content (AvgIpc) is 2.49. The average molecular weight is 309 g/mol. The van der Waals surface area contributed by atoms with E-state index in [4.69, 9.17) is 10.00 Å². The Balaban J connectivity index is 2.11. The van der Waals surface area contributed by atoms with Crippen LogP contribution in [0.5, 0.6) is 0 Å². The smallest absolute Gasteiger partial charge is 0.243 e. The van der Waals surface area contributed by atoms with Crippen LogP contribution >= 0.6 is 0 Å². The van der Waals surface area contributed by atoms with Crippen molar-refractivity contribution in [2.24, 2.45) is 0 Å². The third-order valence-corrected chi connectivity index (χ3v) is 4.90. The second-order valence-electron chi connectivity index (χ2n) is 4.42. The first kappa shape index (κ1) is 15.4. The minimum Gasteiger partial charge on any atom is -0.379 e. The number of rotatable bonds is 4. The molecule has 0 atom stereocenters. The third-order valence-electron chi connectivity index (χ3n) is 2.99. The van der Waals surface area contributed by atoms with E-state index in [9.17, 15) is 13.2 Å². The van der Waals surface area contributed by atoms with Gasteiger partial charge in [-0.15, -0.1) is 0 Å². The maximum atomic E-state index is 12.4. The van der Waals surface area contributed by atoms with E-state index in [1.807, 2.05) is 0 Å². The second kappa shape index (κ2) is 6.67. The van der Waals surface area contributed by atoms with Gasteiger partial charge < -0.3 is 10.1 Å². The highest BCUT2D eigenvalue weighted by atomic mass is 32.2. The van der Waals surface area contributed by atoms with Gasteiger partial charge >= 0.3 is 0 Å². The fourth-order valence-corrected chi connectivity index (χ4v) is 3.33. The van der Waals surface area contributed by atoms with Crippen molar-refractivity contribution in [3.63, 3.8) is 0 Å². The Labute approximate surface area is 123 Å². The van der Waals surface area contributed by atoms with Crippen LogP contribution in [0.2, 0.25) is 0 Å². The van der Waals surface area contributed by atoms with Gasteiger partial charge in [0, 0.05) is 18.8 Å². The van der Waals surface area contributed by atoms with Crippen LogP contribution in [0.4, 0.5) is 5.69 Å². The van der Waals surface area contributed by atoms with Crippen LogP contribution in [0.15, 0.2) is 29.2 Å². The quantitative estimate of drug-likeness (QED) is 0.876. The van der Waals surface area contributed by atoms with E-state index >= 15 is 0 Å². The number of carbonyl (C=O) groups excluding carboxylic acids is 1. The van der Waals surface area contributed by atoms with Crippen LogP contribution in [-0.2, 0) is 19.6 Å². The van der Waals surface area contributed by atoms with Crippen molar-refractivity contribution >= 4 is 21.6 Å². The summed E-state index contributed by atoms with van der Waals surface area (Å²) in [5.74, 6) is -0.429. The van der Waals surface area contributed by atoms with Crippen molar-refractivity contribution in [3.05, 3.63) is 24.3 Å². The minimum absolute atomic E-state index is 0.169. The molecule has 112 valence electrons. The summed E-state index contributed by atoms with van der Waals surface area (Å²) in [6, 6.07) is 7.62. The highest BCUT2D eigenvalue weighted by molar-refractivity contribution is 7.89. The zero-order chi connectivity index (χ0) is 15.3. The first-order valence-electron chi connectivity index (χ1n) is 6.39. The lowest BCUT2D eigenvalue weighted by atomic mass is 10.3. The van der Waals surface area contributed by atoms with Crippen LogP contribution in [0.3, 0.4) is 0 Å². The summed E-state index contributed by atoms with van der Waals surface area (Å²) in [5.41, 5.74) is 0.455. The van der Waals surface area contributed by atoms with Crippen LogP contribution in [-0.4, -0.2) is 44.9 Å². The summed E-state index contributed by atoms with van der Waals surface area (Å²) in [6.45, 7) is 1.45. The van der Waals surface area contributed by atoms with Crippen molar-refractivity contribution in [2.45, 2.75) is 11.3 Å². The van der Waals surface area contributed by atoms with Crippen molar-refractivity contribution < 1.29 is 17.9 Å². The minimum atomic E-state index is -3.53. The molecule has 1 aliphatic heterocycles. The lowest BCUT2D eigenvalue weighted by Gasteiger charge is -2.26. The second-order valence-corrected chi connectivity index (χ2v) is 6.36. The summed E-state index contributed by atoms with van der Waals surface area (Å²) < 4.78 is 31.2. The first-order chi connectivity index (χ1) is 10.0. The van der Waals surface area contributed by atoms with Crippen molar-refractivity contribution in [2.75, 3.05) is 31.6 Å². The van der Waals surface area contributed by atoms with Crippen molar-refractivity contribution in [1.29, 1.82) is 5.26 Å². The molecule has 1 N–H and O–H groups in total. The largest absolute Gasteiger partial charge is 0.379 e. The maximum absolute atomic E-state index is 12.4. The van der Waals surface area contributed by atoms with Gasteiger partial charge in [-0.05, 0) is 24.3 Å². The molecular formula is C13H15N3O4S. The molecule has 1 aromatic rings. The summed E-state index contributed by atoms with van der Waals surface area (Å²) >= 11 is 0. The topological polar surface area (TPSA) is 99.5 Å². The van der Waals surface area contributed by atoms with E-state index in [0.717, 1.165) is 0 Å². The van der Waals surface area contributed by atoms with Gasteiger partial charge in [0.05, 0.1) is 24.2 Å². The highest BCUT2D eigenvalue weighted by Crippen LogP contribution is 2.19. The molecule has 0 spiro atoms. The number of benzene rings is 1. The van der Waals surface area contributed by atoms with E-state index in [1.165, 1.54) is 28.6 Å². The molecule has 1 aliphatic rings. The van der Waals surface area contributed by atoms with Crippen LogP contribution < -0.4 is 5.32 Å². The molecule has 0 unspecified atom stereocenters. The van der Waals surface area contributed by atoms with Crippen LogP contribution in [0, 0.1) is 11.3 Å². The van der Waals surface area contributed by atoms with Gasteiger partial charge in [0.15, 0.2) is 0 Å². The monoisotopic (exact) mass is 309 g/mol. The number of nitriles is 1. The zero-order valence-electron chi connectivity index (χ0n) is 11.3. The summed E-state index contributed by atoms with van der Waals surface area (Å²) in [5, 5.41) is 10.9. The lowest BCUT2D eigenvalue weighted by molar-refractivity contribution is -0.115. The molecule has 1 saturated heterocycles. The standard InChI is InChI=1S/C13H15N3O4S/c14-6-5-13(17)15-11-1-3-12(4-2-11)21(18,19)16-7-9-20-10-8-16/h1-4H,5,7-10H2,(H,15,17). The van der Waals surface area contributed by atoms with Crippen molar-refractivity contribution in [1.82, 2.24) is 4.31 Å². The summed E-state index contributed by atoms with van der Waals surface area (Å²) in [4.78, 5) is 11.4. The van der Waals surface area contributed by atoms with Gasteiger partial charge in [-0.1, -0.05) is 0 Å². The number of nitrogens with one attached hydrogen (secondary N) is 1. The molecular weight excluding hydrogens is 294 g/mol. The molecule has 0 saturated carbocycles. The Kier molecular flexibility index (Phi) is 4.90. The number of ether oxygens (including phenoxy) is 1. The van der Waals surface area contributed by atoms with Gasteiger partial charge in [-0.25, -0.2) is 8.42 Å². The predicted octanol–water partition coefficient (Wildman–Crippen LogP) is 0.560. The molecule has 0 bridgehead atoms. The molecule has 2 rings (SSSR count). The number of sulfonamides is 1. The van der Waals surface area contributed by atoms with E-state index in [1.54, 1.807) is 6.07 Å². The molecule has 0 aliphatic carbocycles. The molecule has 1 fully saturated rings. The van der Waals surface area contributed by atoms with E-state index in [2.05, 4.69) is 5.32 Å². The zero-order valence-corrected chi connectivity index (χ0v) is 12.1. The Morgan fingerprint density at radius 2 is 1.90 bits per heavy atom. The van der Waals surface area contributed by atoms with Gasteiger partial charge in [0.1, 0.15) is 6.42 Å². The van der Waals surface area contributed by atoms with Gasteiger partial charge in [0.25, 0.3) is 0 Å². The van der Waals surface area contributed by atoms with Gasteiger partial charge in [-0.2, -0.15) is 9.57 Å². The first-order valence-corrected chi connectivity index (χ1v) is 7.83. The number of morpholine rings is 1. The third kappa shape index (κ3) is 3.78. The van der Waals surface area contributed by atoms with Gasteiger partial charge in [-0.3, -0.25) is 4.79 Å². The van der Waals surface area contributed by atoms with E-state index in [0.29, 0.717) is 32.0 Å². The predicted molar refractivity (Wildman–Crippen MR) is 74.9 cm³/mol. The Hall–Kier alpha value is -1.95. The number of anilines is 1. The highest BCUT2D eigenvalue weighted by Gasteiger charge is 2.26. The van der Waals surface area contributed by atoms with Crippen LogP contribution in [0.1, 0.15) is 6.42 Å². The molecule has 8 heteroatoms. The fourth-order valence-electron chi connectivity index (χ4n) is 1.92. The number of nitrogens with zero attached hydrogens (tertiary/aromatic N) is 2. The SMILES string of the molecule is N#CCC(=O)Nc1ccc(S(=O)(=O)N2CCOCC2)cc1. The molecule has 21 heavy (non-hydrogen) atoms. The number of hydrogen-bond acceptors (Lipinski definition) is 5. The normalized spacial score (nSPS) is 16.1. The van der Waals surface area contributed by atoms with Gasteiger partial charge in [0.2, 0.25) is 15.9 Å². The molecule has 7 nitrogen and oxygen atoms in total. The van der Waals surface area contributed by atoms with Crippen molar-refractivity contribution in [3.8, 4) is 6.07 Å². The molecule has 1 amide bonds. The lowest BCUT2D eigenvalue weighted by Crippen LogP contribution is -2.40. The fraction of sp³-hybridized carbons (Fsp3) is 0.385. The van der Waals surface area contributed by atoms with E-state index < -0.39 is 15.9 Å². The number of amides is 1. The number of hydrogen-bond donors (Lipinski definition) is 1. The molecule has 1 aromatic carbocycles. The van der Waals surface area contributed by atoms with E-state index in [-0.39, 0.29) is 11.3 Å². The Morgan fingerprint density at radius 1 is 1.29 bits per heavy atom. The molecule has 0 radical (unpaired) electrons. The molecule has 0 aromatic heterocycles.